The molecule has 76 valence electrons. The summed E-state index contributed by atoms with van der Waals surface area (Å²) in [6.07, 6.45) is 0. The Morgan fingerprint density at radius 1 is 1.64 bits per heavy atom. The molecule has 0 aliphatic rings. The summed E-state index contributed by atoms with van der Waals surface area (Å²) in [5.41, 5.74) is 1.21. The van der Waals surface area contributed by atoms with Gasteiger partial charge in [0.15, 0.2) is 5.78 Å². The summed E-state index contributed by atoms with van der Waals surface area (Å²) >= 11 is 8.87. The minimum atomic E-state index is -0.272. The van der Waals surface area contributed by atoms with Gasteiger partial charge in [-0.3, -0.25) is 4.79 Å². The van der Waals surface area contributed by atoms with Gasteiger partial charge in [-0.25, -0.2) is 0 Å². The van der Waals surface area contributed by atoms with Gasteiger partial charge in [0.25, 0.3) is 0 Å². The maximum absolute atomic E-state index is 11.7. The number of carbonyl (C=O) groups is 1. The lowest BCUT2D eigenvalue weighted by molar-refractivity contribution is 0.0995. The van der Waals surface area contributed by atoms with Gasteiger partial charge in [0.05, 0.1) is 4.83 Å². The molecule has 1 N–H and O–H groups in total. The van der Waals surface area contributed by atoms with Crippen LogP contribution in [0.3, 0.4) is 0 Å². The predicted molar refractivity (Wildman–Crippen MR) is 60.4 cm³/mol. The lowest BCUT2D eigenvalue weighted by atomic mass is 10.0. The van der Waals surface area contributed by atoms with Crippen molar-refractivity contribution in [3.63, 3.8) is 0 Å². The van der Waals surface area contributed by atoms with E-state index in [1.807, 2.05) is 0 Å². The Morgan fingerprint density at radius 3 is 2.79 bits per heavy atom. The van der Waals surface area contributed by atoms with E-state index in [0.717, 1.165) is 5.56 Å². The van der Waals surface area contributed by atoms with Crippen LogP contribution in [0.4, 0.5) is 0 Å². The molecule has 0 spiro atoms. The fraction of sp³-hybridized carbons (Fsp3) is 0.300. The molecule has 0 saturated heterocycles. The van der Waals surface area contributed by atoms with E-state index in [1.165, 1.54) is 12.1 Å². The summed E-state index contributed by atoms with van der Waals surface area (Å²) in [6.45, 7) is 1.74. The minimum absolute atomic E-state index is 0.0726. The number of halogens is 2. The van der Waals surface area contributed by atoms with Crippen LogP contribution < -0.4 is 0 Å². The highest BCUT2D eigenvalue weighted by atomic mass is 79.9. The van der Waals surface area contributed by atoms with Crippen LogP contribution in [-0.2, 0) is 5.88 Å². The molecule has 1 rings (SSSR count). The van der Waals surface area contributed by atoms with Gasteiger partial charge in [0, 0.05) is 11.4 Å². The average molecular weight is 278 g/mol. The molecule has 0 radical (unpaired) electrons. The molecular weight excluding hydrogens is 267 g/mol. The van der Waals surface area contributed by atoms with Crippen molar-refractivity contribution in [2.45, 2.75) is 17.6 Å². The monoisotopic (exact) mass is 276 g/mol. The summed E-state index contributed by atoms with van der Waals surface area (Å²) in [4.78, 5) is 11.4. The largest absolute Gasteiger partial charge is 0.508 e. The summed E-state index contributed by atoms with van der Waals surface area (Å²) in [6, 6.07) is 4.62. The zero-order valence-electron chi connectivity index (χ0n) is 7.63. The molecule has 1 aromatic carbocycles. The smallest absolute Gasteiger partial charge is 0.176 e. The second-order valence-corrected chi connectivity index (χ2v) is 4.60. The Balaban J connectivity index is 3.17. The van der Waals surface area contributed by atoms with Crippen LogP contribution >= 0.6 is 27.5 Å². The van der Waals surface area contributed by atoms with E-state index in [0.29, 0.717) is 5.56 Å². The van der Waals surface area contributed by atoms with Gasteiger partial charge in [-0.2, -0.15) is 0 Å². The maximum atomic E-state index is 11.7. The first-order chi connectivity index (χ1) is 6.56. The number of Topliss-reactive ketones (excluding diaryl/α,β-unsaturated/α-hetero) is 1. The minimum Gasteiger partial charge on any atom is -0.508 e. The molecular formula is C10H10BrClO2. The number of hydrogen-bond acceptors (Lipinski definition) is 2. The Morgan fingerprint density at radius 2 is 2.29 bits per heavy atom. The first-order valence-corrected chi connectivity index (χ1v) is 5.57. The lowest BCUT2D eigenvalue weighted by Gasteiger charge is -2.08. The number of alkyl halides is 2. The fourth-order valence-electron chi connectivity index (χ4n) is 1.12. The van der Waals surface area contributed by atoms with Crippen molar-refractivity contribution in [2.24, 2.45) is 0 Å². The molecule has 0 fully saturated rings. The van der Waals surface area contributed by atoms with Gasteiger partial charge in [-0.1, -0.05) is 22.0 Å². The molecule has 0 amide bonds. The molecule has 0 aromatic heterocycles. The van der Waals surface area contributed by atoms with Crippen LogP contribution in [0, 0.1) is 0 Å². The van der Waals surface area contributed by atoms with E-state index < -0.39 is 0 Å². The zero-order chi connectivity index (χ0) is 10.7. The number of phenols is 1. The maximum Gasteiger partial charge on any atom is 0.176 e. The highest BCUT2D eigenvalue weighted by molar-refractivity contribution is 9.10. The first kappa shape index (κ1) is 11.5. The van der Waals surface area contributed by atoms with Gasteiger partial charge >= 0.3 is 0 Å². The third kappa shape index (κ3) is 2.49. The number of rotatable bonds is 3. The highest BCUT2D eigenvalue weighted by Gasteiger charge is 2.15. The summed E-state index contributed by atoms with van der Waals surface area (Å²) in [5.74, 6) is 0.271. The van der Waals surface area contributed by atoms with Gasteiger partial charge in [-0.15, -0.1) is 11.6 Å². The molecule has 1 unspecified atom stereocenters. The molecule has 2 nitrogen and oxygen atoms in total. The third-order valence-electron chi connectivity index (χ3n) is 1.86. The summed E-state index contributed by atoms with van der Waals surface area (Å²) in [7, 11) is 0. The van der Waals surface area contributed by atoms with E-state index in [2.05, 4.69) is 15.9 Å². The molecule has 0 heterocycles. The van der Waals surface area contributed by atoms with E-state index in [-0.39, 0.29) is 22.2 Å². The fourth-order valence-corrected chi connectivity index (χ4v) is 1.60. The van der Waals surface area contributed by atoms with Gasteiger partial charge < -0.3 is 5.11 Å². The number of carbonyl (C=O) groups excluding carboxylic acids is 1. The van der Waals surface area contributed by atoms with Crippen LogP contribution in [0.25, 0.3) is 0 Å². The molecule has 1 aromatic rings. The molecule has 0 aliphatic carbocycles. The first-order valence-electron chi connectivity index (χ1n) is 4.12. The van der Waals surface area contributed by atoms with Crippen LogP contribution in [0.2, 0.25) is 0 Å². The van der Waals surface area contributed by atoms with Crippen molar-refractivity contribution in [1.82, 2.24) is 0 Å². The Kier molecular flexibility index (Phi) is 3.96. The van der Waals surface area contributed by atoms with Gasteiger partial charge in [0.1, 0.15) is 5.75 Å². The summed E-state index contributed by atoms with van der Waals surface area (Å²) in [5, 5.41) is 9.25. The second kappa shape index (κ2) is 4.80. The summed E-state index contributed by atoms with van der Waals surface area (Å²) < 4.78 is 0. The number of aromatic hydroxyl groups is 1. The number of benzene rings is 1. The second-order valence-electron chi connectivity index (χ2n) is 2.96. The standard InChI is InChI=1S/C10H10BrClO2/c1-6(11)10(14)9-4-8(13)3-2-7(9)5-12/h2-4,6,13H,5H2,1H3. The van der Waals surface area contributed by atoms with Crippen molar-refractivity contribution >= 4 is 33.3 Å². The molecule has 0 aliphatic heterocycles. The Bertz CT molecular complexity index is 350. The van der Waals surface area contributed by atoms with Gasteiger partial charge in [0.2, 0.25) is 0 Å². The SMILES string of the molecule is CC(Br)C(=O)c1cc(O)ccc1CCl. The third-order valence-corrected chi connectivity index (χ3v) is 2.57. The predicted octanol–water partition coefficient (Wildman–Crippen LogP) is 3.10. The molecule has 0 bridgehead atoms. The molecule has 1 atom stereocenters. The lowest BCUT2D eigenvalue weighted by Crippen LogP contribution is -2.12. The van der Waals surface area contributed by atoms with E-state index in [4.69, 9.17) is 11.6 Å². The average Bonchev–Trinajstić information content (AvgIpc) is 2.16. The Labute approximate surface area is 96.0 Å². The molecule has 14 heavy (non-hydrogen) atoms. The highest BCUT2D eigenvalue weighted by Crippen LogP contribution is 2.21. The van der Waals surface area contributed by atoms with Gasteiger partial charge in [-0.05, 0) is 24.6 Å². The van der Waals surface area contributed by atoms with Crippen molar-refractivity contribution in [3.8, 4) is 5.75 Å². The number of phenolic OH excluding ortho intramolecular Hbond substituents is 1. The number of hydrogen-bond donors (Lipinski definition) is 1. The molecule has 4 heteroatoms. The van der Waals surface area contributed by atoms with Crippen LogP contribution in [0.15, 0.2) is 18.2 Å². The van der Waals surface area contributed by atoms with Crippen LogP contribution in [0.1, 0.15) is 22.8 Å². The van der Waals surface area contributed by atoms with Crippen LogP contribution in [0.5, 0.6) is 5.75 Å². The molecule has 0 saturated carbocycles. The topological polar surface area (TPSA) is 37.3 Å². The van der Waals surface area contributed by atoms with Crippen molar-refractivity contribution in [1.29, 1.82) is 0 Å². The Hall–Kier alpha value is -0.540. The van der Waals surface area contributed by atoms with E-state index in [9.17, 15) is 9.90 Å². The van der Waals surface area contributed by atoms with Crippen LogP contribution in [-0.4, -0.2) is 15.7 Å². The quantitative estimate of drug-likeness (QED) is 0.681. The van der Waals surface area contributed by atoms with E-state index >= 15 is 0 Å². The van der Waals surface area contributed by atoms with Crippen molar-refractivity contribution < 1.29 is 9.90 Å². The zero-order valence-corrected chi connectivity index (χ0v) is 9.97. The van der Waals surface area contributed by atoms with Crippen molar-refractivity contribution in [2.75, 3.05) is 0 Å². The van der Waals surface area contributed by atoms with Crippen molar-refractivity contribution in [3.05, 3.63) is 29.3 Å². The van der Waals surface area contributed by atoms with E-state index in [1.54, 1.807) is 13.0 Å². The number of ketones is 1. The normalized spacial score (nSPS) is 12.5.